The monoisotopic (exact) mass is 478 g/mol. The standard InChI is InChI=1S/C28H34N2O5/c1-3-17(2)26(27(32)33)30-25(31)14-18-12-19(13-18)15-29-28(34)35-16-24-22-10-6-4-8-20(22)21-9-5-7-11-23(21)24/h4-11,17-19,24,26H,3,12-16H2,1-2H3,(H,29,34)(H,30,31)(H,32,33)/t17-,18?,19?,26-/m0/s1. The van der Waals surface area contributed by atoms with Crippen molar-refractivity contribution >= 4 is 18.0 Å². The van der Waals surface area contributed by atoms with E-state index in [4.69, 9.17) is 4.74 Å². The average Bonchev–Trinajstić information content (AvgIpc) is 3.15. The first-order valence-corrected chi connectivity index (χ1v) is 12.5. The van der Waals surface area contributed by atoms with Gasteiger partial charge >= 0.3 is 12.1 Å². The third-order valence-electron chi connectivity index (χ3n) is 7.48. The minimum absolute atomic E-state index is 0.0322. The van der Waals surface area contributed by atoms with Gasteiger partial charge in [0.05, 0.1) is 0 Å². The Balaban J connectivity index is 1.18. The molecule has 186 valence electrons. The summed E-state index contributed by atoms with van der Waals surface area (Å²) in [6, 6.07) is 15.6. The Hall–Kier alpha value is -3.35. The first-order valence-electron chi connectivity index (χ1n) is 12.5. The maximum Gasteiger partial charge on any atom is 0.407 e. The number of carbonyl (C=O) groups is 3. The Kier molecular flexibility index (Phi) is 7.73. The Morgan fingerprint density at radius 2 is 1.60 bits per heavy atom. The molecule has 0 saturated heterocycles. The van der Waals surface area contributed by atoms with Gasteiger partial charge in [-0.25, -0.2) is 9.59 Å². The lowest BCUT2D eigenvalue weighted by Gasteiger charge is -2.35. The zero-order chi connectivity index (χ0) is 24.9. The molecule has 0 spiro atoms. The van der Waals surface area contributed by atoms with E-state index in [1.165, 1.54) is 22.3 Å². The third-order valence-corrected chi connectivity index (χ3v) is 7.48. The highest BCUT2D eigenvalue weighted by Gasteiger charge is 2.33. The molecule has 0 unspecified atom stereocenters. The van der Waals surface area contributed by atoms with Crippen molar-refractivity contribution < 1.29 is 24.2 Å². The maximum atomic E-state index is 12.4. The van der Waals surface area contributed by atoms with Crippen LogP contribution in [-0.2, 0) is 14.3 Å². The number of fused-ring (bicyclic) bond motifs is 3. The highest BCUT2D eigenvalue weighted by molar-refractivity contribution is 5.84. The average molecular weight is 479 g/mol. The molecular formula is C28H34N2O5. The van der Waals surface area contributed by atoms with Crippen molar-refractivity contribution in [3.05, 3.63) is 59.7 Å². The summed E-state index contributed by atoms with van der Waals surface area (Å²) < 4.78 is 5.58. The van der Waals surface area contributed by atoms with E-state index in [1.807, 2.05) is 38.1 Å². The second-order valence-corrected chi connectivity index (χ2v) is 9.88. The molecule has 0 aliphatic heterocycles. The molecule has 2 atom stereocenters. The smallest absolute Gasteiger partial charge is 0.407 e. The van der Waals surface area contributed by atoms with Crippen molar-refractivity contribution in [1.29, 1.82) is 0 Å². The fraction of sp³-hybridized carbons (Fsp3) is 0.464. The SMILES string of the molecule is CC[C@H](C)[C@H](NC(=O)CC1CC(CNC(=O)OCC2c3ccccc3-c3ccccc32)C1)C(=O)O. The lowest BCUT2D eigenvalue weighted by Crippen LogP contribution is -2.46. The molecule has 0 aromatic heterocycles. The number of hydrogen-bond donors (Lipinski definition) is 3. The van der Waals surface area contributed by atoms with Crippen LogP contribution in [0.5, 0.6) is 0 Å². The summed E-state index contributed by atoms with van der Waals surface area (Å²) >= 11 is 0. The summed E-state index contributed by atoms with van der Waals surface area (Å²) in [5, 5.41) is 14.9. The number of ether oxygens (including phenoxy) is 1. The third kappa shape index (κ3) is 5.66. The molecule has 2 aromatic carbocycles. The summed E-state index contributed by atoms with van der Waals surface area (Å²) in [4.78, 5) is 36.0. The Morgan fingerprint density at radius 1 is 1.00 bits per heavy atom. The van der Waals surface area contributed by atoms with Gasteiger partial charge in [-0.1, -0.05) is 68.8 Å². The number of carbonyl (C=O) groups excluding carboxylic acids is 2. The van der Waals surface area contributed by atoms with Crippen molar-refractivity contribution in [2.75, 3.05) is 13.2 Å². The van der Waals surface area contributed by atoms with Gasteiger partial charge < -0.3 is 20.5 Å². The van der Waals surface area contributed by atoms with E-state index in [0.717, 1.165) is 12.8 Å². The van der Waals surface area contributed by atoms with E-state index < -0.39 is 18.1 Å². The van der Waals surface area contributed by atoms with Gasteiger partial charge in [0.2, 0.25) is 5.91 Å². The summed E-state index contributed by atoms with van der Waals surface area (Å²) in [7, 11) is 0. The number of rotatable bonds is 10. The van der Waals surface area contributed by atoms with E-state index >= 15 is 0 Å². The van der Waals surface area contributed by atoms with Crippen molar-refractivity contribution in [3.8, 4) is 11.1 Å². The first-order chi connectivity index (χ1) is 16.9. The van der Waals surface area contributed by atoms with Crippen molar-refractivity contribution in [2.45, 2.75) is 51.5 Å². The second kappa shape index (κ2) is 10.9. The molecule has 0 bridgehead atoms. The molecule has 2 aliphatic carbocycles. The Labute approximate surface area is 206 Å². The number of hydrogen-bond acceptors (Lipinski definition) is 4. The van der Waals surface area contributed by atoms with Gasteiger partial charge in [-0.2, -0.15) is 0 Å². The molecule has 1 fully saturated rings. The van der Waals surface area contributed by atoms with Gasteiger partial charge in [0.15, 0.2) is 0 Å². The van der Waals surface area contributed by atoms with Crippen LogP contribution >= 0.6 is 0 Å². The van der Waals surface area contributed by atoms with Crippen LogP contribution in [0.2, 0.25) is 0 Å². The molecule has 4 rings (SSSR count). The van der Waals surface area contributed by atoms with Crippen LogP contribution in [0.4, 0.5) is 4.79 Å². The fourth-order valence-corrected chi connectivity index (χ4v) is 5.26. The van der Waals surface area contributed by atoms with Crippen LogP contribution in [0.3, 0.4) is 0 Å². The van der Waals surface area contributed by atoms with Gasteiger partial charge in [-0.15, -0.1) is 0 Å². The van der Waals surface area contributed by atoms with Gasteiger partial charge in [-0.05, 0) is 52.8 Å². The van der Waals surface area contributed by atoms with Crippen molar-refractivity contribution in [1.82, 2.24) is 10.6 Å². The van der Waals surface area contributed by atoms with E-state index in [-0.39, 0.29) is 30.3 Å². The maximum absolute atomic E-state index is 12.4. The molecule has 2 aromatic rings. The Morgan fingerprint density at radius 3 is 2.17 bits per heavy atom. The molecule has 0 radical (unpaired) electrons. The van der Waals surface area contributed by atoms with Gasteiger partial charge in [0, 0.05) is 18.9 Å². The molecule has 3 N–H and O–H groups in total. The van der Waals surface area contributed by atoms with E-state index in [9.17, 15) is 19.5 Å². The van der Waals surface area contributed by atoms with Gasteiger partial charge in [-0.3, -0.25) is 4.79 Å². The van der Waals surface area contributed by atoms with Crippen molar-refractivity contribution in [3.63, 3.8) is 0 Å². The van der Waals surface area contributed by atoms with Crippen LogP contribution in [0.15, 0.2) is 48.5 Å². The summed E-state index contributed by atoms with van der Waals surface area (Å²) in [6.45, 7) is 4.54. The molecule has 2 aliphatic rings. The lowest BCUT2D eigenvalue weighted by molar-refractivity contribution is -0.143. The highest BCUT2D eigenvalue weighted by atomic mass is 16.5. The van der Waals surface area contributed by atoms with E-state index in [2.05, 4.69) is 34.9 Å². The largest absolute Gasteiger partial charge is 0.480 e. The predicted octanol–water partition coefficient (Wildman–Crippen LogP) is 4.56. The van der Waals surface area contributed by atoms with Crippen LogP contribution in [0, 0.1) is 17.8 Å². The molecule has 35 heavy (non-hydrogen) atoms. The van der Waals surface area contributed by atoms with Crippen LogP contribution in [0.25, 0.3) is 11.1 Å². The van der Waals surface area contributed by atoms with Gasteiger partial charge in [0.25, 0.3) is 0 Å². The number of aliphatic carboxylic acids is 1. The number of amides is 2. The summed E-state index contributed by atoms with van der Waals surface area (Å²) in [5.41, 5.74) is 4.75. The number of carboxylic acids is 1. The molecule has 2 amide bonds. The normalized spacial score (nSPS) is 20.1. The zero-order valence-corrected chi connectivity index (χ0v) is 20.3. The minimum Gasteiger partial charge on any atom is -0.480 e. The number of carboxylic acid groups (broad SMARTS) is 1. The Bertz CT molecular complexity index is 1030. The first kappa shape index (κ1) is 24.8. The predicted molar refractivity (Wildman–Crippen MR) is 133 cm³/mol. The molecular weight excluding hydrogens is 444 g/mol. The van der Waals surface area contributed by atoms with E-state index in [0.29, 0.717) is 25.3 Å². The summed E-state index contributed by atoms with van der Waals surface area (Å²) in [5.74, 6) is -0.775. The number of benzene rings is 2. The van der Waals surface area contributed by atoms with Crippen LogP contribution in [-0.4, -0.2) is 42.3 Å². The zero-order valence-electron chi connectivity index (χ0n) is 20.3. The number of nitrogens with one attached hydrogen (secondary N) is 2. The quantitative estimate of drug-likeness (QED) is 0.464. The highest BCUT2D eigenvalue weighted by Crippen LogP contribution is 2.44. The second-order valence-electron chi connectivity index (χ2n) is 9.88. The molecule has 1 saturated carbocycles. The summed E-state index contributed by atoms with van der Waals surface area (Å²) in [6.07, 6.45) is 2.24. The van der Waals surface area contributed by atoms with Crippen molar-refractivity contribution in [2.24, 2.45) is 17.8 Å². The number of alkyl carbamates (subject to hydrolysis) is 1. The topological polar surface area (TPSA) is 105 Å². The molecule has 0 heterocycles. The van der Waals surface area contributed by atoms with Crippen LogP contribution < -0.4 is 10.6 Å². The molecule has 7 nitrogen and oxygen atoms in total. The van der Waals surface area contributed by atoms with Gasteiger partial charge in [0.1, 0.15) is 12.6 Å². The minimum atomic E-state index is -0.994. The van der Waals surface area contributed by atoms with E-state index in [1.54, 1.807) is 0 Å². The lowest BCUT2D eigenvalue weighted by atomic mass is 9.73. The van der Waals surface area contributed by atoms with Crippen LogP contribution in [0.1, 0.15) is 56.6 Å². The fourth-order valence-electron chi connectivity index (χ4n) is 5.26. The molecule has 7 heteroatoms.